The molecule has 1 unspecified atom stereocenters. The Labute approximate surface area is 164 Å². The van der Waals surface area contributed by atoms with Crippen molar-refractivity contribution in [2.75, 3.05) is 24.5 Å². The van der Waals surface area contributed by atoms with Crippen molar-refractivity contribution in [1.29, 1.82) is 0 Å². The second-order valence-electron chi connectivity index (χ2n) is 7.85. The number of piperidine rings is 1. The van der Waals surface area contributed by atoms with Gasteiger partial charge in [0.1, 0.15) is 12.6 Å². The number of carbonyl (C=O) groups is 3. The van der Waals surface area contributed by atoms with Crippen molar-refractivity contribution in [2.45, 2.75) is 51.5 Å². The van der Waals surface area contributed by atoms with E-state index in [2.05, 4.69) is 5.32 Å². The Hall–Kier alpha value is -2.08. The number of amides is 3. The smallest absolute Gasteiger partial charge is 0.244 e. The number of rotatable bonds is 4. The molecule has 3 amide bonds. The average Bonchev–Trinajstić information content (AvgIpc) is 2.82. The van der Waals surface area contributed by atoms with E-state index >= 15 is 0 Å². The number of benzene rings is 1. The van der Waals surface area contributed by atoms with E-state index in [-0.39, 0.29) is 24.3 Å². The van der Waals surface area contributed by atoms with Crippen molar-refractivity contribution in [3.63, 3.8) is 0 Å². The summed E-state index contributed by atoms with van der Waals surface area (Å²) in [4.78, 5) is 41.1. The Morgan fingerprint density at radius 2 is 1.89 bits per heavy atom. The van der Waals surface area contributed by atoms with Crippen LogP contribution in [0.1, 0.15) is 45.6 Å². The standard InChI is InChI=1S/C20H26ClN3O3/c1-13(18(26)23-9-5-4-6-10-23)22-17(25)12-24-16-8-7-14(21)11-15(16)20(2,3)19(24)27/h7-8,11,13H,4-6,9-10,12H2,1-3H3,(H,22,25). The molecular weight excluding hydrogens is 366 g/mol. The number of fused-ring (bicyclic) bond motifs is 1. The number of carbonyl (C=O) groups excluding carboxylic acids is 3. The van der Waals surface area contributed by atoms with Crippen molar-refractivity contribution < 1.29 is 14.4 Å². The third kappa shape index (κ3) is 3.81. The van der Waals surface area contributed by atoms with Gasteiger partial charge in [-0.25, -0.2) is 0 Å². The van der Waals surface area contributed by atoms with Gasteiger partial charge in [-0.05, 0) is 63.8 Å². The summed E-state index contributed by atoms with van der Waals surface area (Å²) in [6.07, 6.45) is 3.15. The topological polar surface area (TPSA) is 69.7 Å². The molecule has 1 fully saturated rings. The van der Waals surface area contributed by atoms with Crippen molar-refractivity contribution in [1.82, 2.24) is 10.2 Å². The molecule has 0 radical (unpaired) electrons. The van der Waals surface area contributed by atoms with E-state index in [9.17, 15) is 14.4 Å². The summed E-state index contributed by atoms with van der Waals surface area (Å²) in [5.74, 6) is -0.562. The monoisotopic (exact) mass is 391 g/mol. The SMILES string of the molecule is CC(NC(=O)CN1C(=O)C(C)(C)c2cc(Cl)ccc21)C(=O)N1CCCCC1. The van der Waals surface area contributed by atoms with Crippen LogP contribution in [0.2, 0.25) is 5.02 Å². The molecule has 6 nitrogen and oxygen atoms in total. The molecule has 1 aromatic carbocycles. The second kappa shape index (κ2) is 7.50. The zero-order valence-electron chi connectivity index (χ0n) is 16.0. The maximum atomic E-state index is 12.8. The van der Waals surface area contributed by atoms with E-state index in [0.29, 0.717) is 10.7 Å². The van der Waals surface area contributed by atoms with Gasteiger partial charge in [-0.1, -0.05) is 11.6 Å². The lowest BCUT2D eigenvalue weighted by Crippen LogP contribution is -2.51. The Balaban J connectivity index is 1.67. The van der Waals surface area contributed by atoms with Crippen LogP contribution in [0.3, 0.4) is 0 Å². The average molecular weight is 392 g/mol. The fourth-order valence-electron chi connectivity index (χ4n) is 3.84. The molecule has 1 atom stereocenters. The first-order chi connectivity index (χ1) is 12.7. The van der Waals surface area contributed by atoms with Gasteiger partial charge in [0, 0.05) is 23.8 Å². The third-order valence-corrected chi connectivity index (χ3v) is 5.66. The molecule has 1 aromatic rings. The lowest BCUT2D eigenvalue weighted by molar-refractivity contribution is -0.136. The van der Waals surface area contributed by atoms with Crippen LogP contribution in [-0.4, -0.2) is 48.3 Å². The Kier molecular flexibility index (Phi) is 5.47. The van der Waals surface area contributed by atoms with Crippen LogP contribution < -0.4 is 10.2 Å². The minimum absolute atomic E-state index is 0.0664. The molecule has 3 rings (SSSR count). The zero-order chi connectivity index (χ0) is 19.8. The maximum absolute atomic E-state index is 12.8. The number of likely N-dealkylation sites (tertiary alicyclic amines) is 1. The minimum Gasteiger partial charge on any atom is -0.343 e. The summed E-state index contributed by atoms with van der Waals surface area (Å²) < 4.78 is 0. The largest absolute Gasteiger partial charge is 0.343 e. The molecule has 7 heteroatoms. The summed E-state index contributed by atoms with van der Waals surface area (Å²) in [6.45, 7) is 6.71. The lowest BCUT2D eigenvalue weighted by atomic mass is 9.86. The molecule has 0 saturated carbocycles. The predicted octanol–water partition coefficient (Wildman–Crippen LogP) is 2.48. The lowest BCUT2D eigenvalue weighted by Gasteiger charge is -2.29. The van der Waals surface area contributed by atoms with E-state index in [1.807, 2.05) is 13.8 Å². The molecule has 1 saturated heterocycles. The Morgan fingerprint density at radius 3 is 2.56 bits per heavy atom. The first-order valence-corrected chi connectivity index (χ1v) is 9.80. The maximum Gasteiger partial charge on any atom is 0.244 e. The molecular formula is C20H26ClN3O3. The van der Waals surface area contributed by atoms with E-state index in [4.69, 9.17) is 11.6 Å². The van der Waals surface area contributed by atoms with Gasteiger partial charge in [0.25, 0.3) is 0 Å². The Bertz CT molecular complexity index is 772. The Morgan fingerprint density at radius 1 is 1.22 bits per heavy atom. The van der Waals surface area contributed by atoms with E-state index in [0.717, 1.165) is 37.9 Å². The van der Waals surface area contributed by atoms with Crippen LogP contribution in [0.15, 0.2) is 18.2 Å². The van der Waals surface area contributed by atoms with Gasteiger partial charge in [0.2, 0.25) is 17.7 Å². The quantitative estimate of drug-likeness (QED) is 0.857. The van der Waals surface area contributed by atoms with Crippen molar-refractivity contribution >= 4 is 35.0 Å². The molecule has 146 valence electrons. The van der Waals surface area contributed by atoms with Crippen LogP contribution in [0.4, 0.5) is 5.69 Å². The van der Waals surface area contributed by atoms with Gasteiger partial charge in [-0.15, -0.1) is 0 Å². The fraction of sp³-hybridized carbons (Fsp3) is 0.550. The van der Waals surface area contributed by atoms with Gasteiger partial charge < -0.3 is 15.1 Å². The number of anilines is 1. The molecule has 0 bridgehead atoms. The number of halogens is 1. The third-order valence-electron chi connectivity index (χ3n) is 5.42. The zero-order valence-corrected chi connectivity index (χ0v) is 16.8. The molecule has 1 N–H and O–H groups in total. The summed E-state index contributed by atoms with van der Waals surface area (Å²) in [6, 6.07) is 4.64. The summed E-state index contributed by atoms with van der Waals surface area (Å²) >= 11 is 6.08. The normalized spacial score (nSPS) is 19.6. The van der Waals surface area contributed by atoms with Crippen LogP contribution in [-0.2, 0) is 19.8 Å². The summed E-state index contributed by atoms with van der Waals surface area (Å²) in [7, 11) is 0. The van der Waals surface area contributed by atoms with Crippen molar-refractivity contribution in [3.8, 4) is 0 Å². The molecule has 2 aliphatic heterocycles. The predicted molar refractivity (Wildman–Crippen MR) is 105 cm³/mol. The highest BCUT2D eigenvalue weighted by molar-refractivity contribution is 6.31. The molecule has 0 aliphatic carbocycles. The first-order valence-electron chi connectivity index (χ1n) is 9.42. The summed E-state index contributed by atoms with van der Waals surface area (Å²) in [5, 5.41) is 3.30. The van der Waals surface area contributed by atoms with Crippen LogP contribution in [0.5, 0.6) is 0 Å². The minimum atomic E-state index is -0.740. The number of hydrogen-bond donors (Lipinski definition) is 1. The molecule has 27 heavy (non-hydrogen) atoms. The van der Waals surface area contributed by atoms with Gasteiger partial charge in [-0.2, -0.15) is 0 Å². The van der Waals surface area contributed by atoms with E-state index < -0.39 is 11.5 Å². The van der Waals surface area contributed by atoms with Crippen molar-refractivity contribution in [2.24, 2.45) is 0 Å². The number of nitrogens with zero attached hydrogens (tertiary/aromatic N) is 2. The van der Waals surface area contributed by atoms with Crippen LogP contribution in [0, 0.1) is 0 Å². The van der Waals surface area contributed by atoms with Gasteiger partial charge in [-0.3, -0.25) is 14.4 Å². The van der Waals surface area contributed by atoms with Crippen LogP contribution in [0.25, 0.3) is 0 Å². The highest BCUT2D eigenvalue weighted by Gasteiger charge is 2.44. The van der Waals surface area contributed by atoms with Crippen LogP contribution >= 0.6 is 11.6 Å². The first kappa shape index (κ1) is 19.7. The number of hydrogen-bond acceptors (Lipinski definition) is 3. The van der Waals surface area contributed by atoms with Gasteiger partial charge in [0.05, 0.1) is 5.41 Å². The van der Waals surface area contributed by atoms with Gasteiger partial charge in [0.15, 0.2) is 0 Å². The van der Waals surface area contributed by atoms with E-state index in [1.54, 1.807) is 30.0 Å². The number of nitrogens with one attached hydrogen (secondary N) is 1. The molecule has 0 aromatic heterocycles. The summed E-state index contributed by atoms with van der Waals surface area (Å²) in [5.41, 5.74) is 0.764. The second-order valence-corrected chi connectivity index (χ2v) is 8.29. The van der Waals surface area contributed by atoms with Gasteiger partial charge >= 0.3 is 0 Å². The fourth-order valence-corrected chi connectivity index (χ4v) is 4.02. The molecule has 2 heterocycles. The molecule has 0 spiro atoms. The molecule has 2 aliphatic rings. The highest BCUT2D eigenvalue weighted by Crippen LogP contribution is 2.42. The highest BCUT2D eigenvalue weighted by atomic mass is 35.5. The van der Waals surface area contributed by atoms with Crippen molar-refractivity contribution in [3.05, 3.63) is 28.8 Å². The van der Waals surface area contributed by atoms with E-state index in [1.165, 1.54) is 4.90 Å².